The van der Waals surface area contributed by atoms with E-state index < -0.39 is 22.0 Å². The maximum atomic E-state index is 12.7. The van der Waals surface area contributed by atoms with Crippen LogP contribution >= 0.6 is 0 Å². The summed E-state index contributed by atoms with van der Waals surface area (Å²) in [5.74, 6) is -1.03. The van der Waals surface area contributed by atoms with E-state index in [0.29, 0.717) is 16.8 Å². The van der Waals surface area contributed by atoms with Crippen LogP contribution in [0.25, 0.3) is 10.9 Å². The van der Waals surface area contributed by atoms with Crippen molar-refractivity contribution in [3.63, 3.8) is 0 Å². The van der Waals surface area contributed by atoms with Gasteiger partial charge in [0.25, 0.3) is 10.0 Å². The third-order valence-electron chi connectivity index (χ3n) is 5.11. The van der Waals surface area contributed by atoms with Crippen LogP contribution in [0.4, 0.5) is 0 Å². The second kappa shape index (κ2) is 8.54. The minimum Gasteiger partial charge on any atom is -0.462 e. The molecule has 1 aromatic heterocycles. The Bertz CT molecular complexity index is 1310. The second-order valence-electron chi connectivity index (χ2n) is 7.22. The van der Waals surface area contributed by atoms with Crippen LogP contribution in [0.15, 0.2) is 52.6 Å². The molecule has 0 bridgehead atoms. The summed E-state index contributed by atoms with van der Waals surface area (Å²) < 4.78 is 37.6. The maximum Gasteiger partial charge on any atom is 0.340 e. The first-order valence-electron chi connectivity index (χ1n) is 10.0. The molecular weight excluding hydrogens is 434 g/mol. The molecule has 0 fully saturated rings. The van der Waals surface area contributed by atoms with Crippen molar-refractivity contribution >= 4 is 38.7 Å². The summed E-state index contributed by atoms with van der Waals surface area (Å²) in [6.07, 6.45) is 4.40. The van der Waals surface area contributed by atoms with E-state index in [1.807, 2.05) is 24.3 Å². The number of ether oxygens (including phenoxy) is 2. The third-order valence-corrected chi connectivity index (χ3v) is 6.27. The first kappa shape index (κ1) is 21.7. The molecule has 2 aliphatic rings. The molecule has 166 valence electrons. The quantitative estimate of drug-likeness (QED) is 0.631. The number of carbonyl (C=O) groups is 2. The van der Waals surface area contributed by atoms with Crippen molar-refractivity contribution in [1.29, 1.82) is 0 Å². The molecule has 0 unspecified atom stereocenters. The number of pyridine rings is 1. The minimum absolute atomic E-state index is 0.133. The van der Waals surface area contributed by atoms with Gasteiger partial charge in [-0.1, -0.05) is 18.2 Å². The predicted molar refractivity (Wildman–Crippen MR) is 117 cm³/mol. The summed E-state index contributed by atoms with van der Waals surface area (Å²) >= 11 is 0. The Morgan fingerprint density at radius 3 is 2.69 bits per heavy atom. The lowest BCUT2D eigenvalue weighted by Crippen LogP contribution is -2.37. The number of amidine groups is 1. The highest BCUT2D eigenvalue weighted by molar-refractivity contribution is 7.90. The van der Waals surface area contributed by atoms with Gasteiger partial charge in [0.05, 0.1) is 34.7 Å². The molecule has 0 N–H and O–H groups in total. The number of carbonyl (C=O) groups excluding carboxylic acids is 2. The number of aromatic nitrogens is 1. The highest BCUT2D eigenvalue weighted by atomic mass is 32.2. The van der Waals surface area contributed by atoms with E-state index in [0.717, 1.165) is 5.39 Å². The van der Waals surface area contributed by atoms with Crippen LogP contribution in [-0.2, 0) is 30.9 Å². The molecule has 0 radical (unpaired) electrons. The number of aryl methyl sites for hydroxylation is 1. The smallest absolute Gasteiger partial charge is 0.340 e. The Hall–Kier alpha value is -3.53. The van der Waals surface area contributed by atoms with E-state index >= 15 is 0 Å². The van der Waals surface area contributed by atoms with Gasteiger partial charge in [-0.25, -0.2) is 23.0 Å². The van der Waals surface area contributed by atoms with Crippen LogP contribution in [0.2, 0.25) is 0 Å². The topological polar surface area (TPSA) is 115 Å². The van der Waals surface area contributed by atoms with E-state index in [2.05, 4.69) is 9.38 Å². The summed E-state index contributed by atoms with van der Waals surface area (Å²) in [6.45, 7) is 3.70. The Morgan fingerprint density at radius 2 is 1.91 bits per heavy atom. The van der Waals surface area contributed by atoms with Crippen LogP contribution in [0.5, 0.6) is 0 Å². The Morgan fingerprint density at radius 1 is 1.12 bits per heavy atom. The zero-order valence-corrected chi connectivity index (χ0v) is 18.4. The lowest BCUT2D eigenvalue weighted by molar-refractivity contribution is -0.140. The summed E-state index contributed by atoms with van der Waals surface area (Å²) in [4.78, 5) is 31.4. The van der Waals surface area contributed by atoms with Crippen molar-refractivity contribution in [3.05, 3.63) is 65.0 Å². The van der Waals surface area contributed by atoms with Gasteiger partial charge in [0.2, 0.25) is 0 Å². The van der Waals surface area contributed by atoms with Crippen LogP contribution in [-0.4, -0.2) is 55.0 Å². The van der Waals surface area contributed by atoms with E-state index in [1.165, 1.54) is 18.4 Å². The van der Waals surface area contributed by atoms with Crippen molar-refractivity contribution in [3.8, 4) is 0 Å². The predicted octanol–water partition coefficient (Wildman–Crippen LogP) is 2.26. The van der Waals surface area contributed by atoms with Crippen molar-refractivity contribution in [2.45, 2.75) is 20.5 Å². The molecule has 0 spiro atoms. The zero-order chi connectivity index (χ0) is 22.9. The maximum absolute atomic E-state index is 12.7. The average molecular weight is 455 g/mol. The number of sulfonamides is 1. The summed E-state index contributed by atoms with van der Waals surface area (Å²) in [6, 6.07) is 7.38. The number of hydrogen-bond donors (Lipinski definition) is 0. The summed E-state index contributed by atoms with van der Waals surface area (Å²) in [7, 11) is -3.48. The highest BCUT2D eigenvalue weighted by Gasteiger charge is 2.26. The lowest BCUT2D eigenvalue weighted by Gasteiger charge is -2.26. The standard InChI is InChI=1S/C22H21N3O6S/c1-3-30-22(27)20-14(2)16-6-4-5-7-17(16)23-18(20)13-31-21(26)15-8-9-19-24-32(28,29)11-10-25(19)12-15/h4-9,12H,3,10-11,13H2,1-2H3. The zero-order valence-electron chi connectivity index (χ0n) is 17.6. The van der Waals surface area contributed by atoms with Crippen LogP contribution in [0, 0.1) is 6.92 Å². The number of nitrogens with zero attached hydrogens (tertiary/aromatic N) is 3. The lowest BCUT2D eigenvalue weighted by atomic mass is 10.0. The van der Waals surface area contributed by atoms with E-state index in [-0.39, 0.29) is 42.5 Å². The SMILES string of the molecule is CCOC(=O)c1c(COC(=O)C2=CN3CCS(=O)(=O)N=C3C=C2)nc2ccccc2c1C. The number of hydrogen-bond acceptors (Lipinski definition) is 8. The fraction of sp³-hybridized carbons (Fsp3) is 0.273. The third kappa shape index (κ3) is 4.26. The normalized spacial score (nSPS) is 16.8. The number of esters is 2. The monoisotopic (exact) mass is 455 g/mol. The van der Waals surface area contributed by atoms with Gasteiger partial charge in [-0.05, 0) is 37.6 Å². The van der Waals surface area contributed by atoms with Crippen molar-refractivity contribution in [2.75, 3.05) is 18.9 Å². The highest BCUT2D eigenvalue weighted by Crippen LogP contribution is 2.25. The summed E-state index contributed by atoms with van der Waals surface area (Å²) in [5.41, 5.74) is 2.20. The molecule has 0 aliphatic carbocycles. The molecule has 0 amide bonds. The van der Waals surface area contributed by atoms with E-state index in [9.17, 15) is 18.0 Å². The largest absolute Gasteiger partial charge is 0.462 e. The number of para-hydroxylation sites is 1. The molecular formula is C22H21N3O6S. The first-order chi connectivity index (χ1) is 15.3. The van der Waals surface area contributed by atoms with Gasteiger partial charge in [-0.15, -0.1) is 4.40 Å². The van der Waals surface area contributed by atoms with Crippen LogP contribution in [0.3, 0.4) is 0 Å². The fourth-order valence-corrected chi connectivity index (χ4v) is 4.53. The molecule has 4 rings (SSSR count). The number of fused-ring (bicyclic) bond motifs is 2. The molecule has 3 heterocycles. The number of rotatable bonds is 5. The van der Waals surface area contributed by atoms with Crippen LogP contribution in [0.1, 0.15) is 28.5 Å². The number of benzene rings is 1. The Kier molecular flexibility index (Phi) is 5.79. The van der Waals surface area contributed by atoms with E-state index in [4.69, 9.17) is 9.47 Å². The van der Waals surface area contributed by atoms with Gasteiger partial charge >= 0.3 is 11.9 Å². The molecule has 2 aliphatic heterocycles. The molecule has 0 saturated carbocycles. The molecule has 0 atom stereocenters. The average Bonchev–Trinajstić information content (AvgIpc) is 2.76. The minimum atomic E-state index is -3.48. The van der Waals surface area contributed by atoms with Gasteiger partial charge in [0.1, 0.15) is 12.4 Å². The van der Waals surface area contributed by atoms with Crippen molar-refractivity contribution in [1.82, 2.24) is 9.88 Å². The molecule has 1 aromatic carbocycles. The van der Waals surface area contributed by atoms with E-state index in [1.54, 1.807) is 18.7 Å². The first-order valence-corrected chi connectivity index (χ1v) is 11.6. The fourth-order valence-electron chi connectivity index (χ4n) is 3.56. The van der Waals surface area contributed by atoms with Gasteiger partial charge in [-0.2, -0.15) is 0 Å². The van der Waals surface area contributed by atoms with Gasteiger partial charge in [0, 0.05) is 18.1 Å². The molecule has 2 aromatic rings. The van der Waals surface area contributed by atoms with Crippen molar-refractivity contribution in [2.24, 2.45) is 4.40 Å². The molecule has 32 heavy (non-hydrogen) atoms. The Balaban J connectivity index is 1.59. The van der Waals surface area contributed by atoms with Crippen LogP contribution < -0.4 is 0 Å². The molecule has 0 saturated heterocycles. The van der Waals surface area contributed by atoms with Gasteiger partial charge < -0.3 is 14.4 Å². The second-order valence-corrected chi connectivity index (χ2v) is 8.97. The molecule has 10 heteroatoms. The Labute approximate surface area is 185 Å². The summed E-state index contributed by atoms with van der Waals surface area (Å²) in [5, 5.41) is 0.815. The van der Waals surface area contributed by atoms with Gasteiger partial charge in [0.15, 0.2) is 0 Å². The van der Waals surface area contributed by atoms with Gasteiger partial charge in [-0.3, -0.25) is 0 Å². The molecule has 9 nitrogen and oxygen atoms in total. The van der Waals surface area contributed by atoms with Crippen molar-refractivity contribution < 1.29 is 27.5 Å².